The lowest BCUT2D eigenvalue weighted by molar-refractivity contribution is -0.117. The van der Waals surface area contributed by atoms with Gasteiger partial charge in [-0.05, 0) is 32.1 Å². The Labute approximate surface area is 166 Å². The maximum absolute atomic E-state index is 11.8. The molecule has 0 bridgehead atoms. The average Bonchev–Trinajstić information content (AvgIpc) is 2.67. The fourth-order valence-electron chi connectivity index (χ4n) is 2.43. The van der Waals surface area contributed by atoms with Gasteiger partial charge in [0.15, 0.2) is 0 Å². The molecule has 0 heterocycles. The van der Waals surface area contributed by atoms with Crippen molar-refractivity contribution in [3.63, 3.8) is 0 Å². The van der Waals surface area contributed by atoms with Crippen molar-refractivity contribution in [1.82, 2.24) is 5.32 Å². The summed E-state index contributed by atoms with van der Waals surface area (Å²) in [6.45, 7) is 6.53. The van der Waals surface area contributed by atoms with Crippen molar-refractivity contribution in [3.8, 4) is 0 Å². The summed E-state index contributed by atoms with van der Waals surface area (Å²) < 4.78 is 0. The third-order valence-corrected chi connectivity index (χ3v) is 4.33. The van der Waals surface area contributed by atoms with Crippen molar-refractivity contribution < 1.29 is 9.90 Å². The smallest absolute Gasteiger partial charge is 0.244 e. The average molecular weight is 374 g/mol. The Morgan fingerprint density at radius 2 is 1.52 bits per heavy atom. The van der Waals surface area contributed by atoms with E-state index in [1.165, 1.54) is 6.08 Å². The first-order chi connectivity index (χ1) is 13.1. The molecule has 0 aromatic heterocycles. The first kappa shape index (κ1) is 25.1. The molecule has 0 aromatic carbocycles. The minimum absolute atomic E-state index is 0.170. The third kappa shape index (κ3) is 16.1. The fourth-order valence-corrected chi connectivity index (χ4v) is 2.43. The van der Waals surface area contributed by atoms with Gasteiger partial charge in [0, 0.05) is 12.6 Å². The van der Waals surface area contributed by atoms with E-state index >= 15 is 0 Å². The van der Waals surface area contributed by atoms with Gasteiger partial charge in [-0.1, -0.05) is 94.7 Å². The number of hydrogen-bond donors (Lipinski definition) is 2. The summed E-state index contributed by atoms with van der Waals surface area (Å²) in [5.74, 6) is -0.170. The first-order valence-corrected chi connectivity index (χ1v) is 10.4. The van der Waals surface area contributed by atoms with Crippen molar-refractivity contribution in [2.24, 2.45) is 0 Å². The quantitative estimate of drug-likeness (QED) is 0.217. The van der Waals surface area contributed by atoms with Crippen LogP contribution in [0.5, 0.6) is 0 Å². The van der Waals surface area contributed by atoms with Crippen LogP contribution in [0.1, 0.15) is 72.1 Å². The maximum Gasteiger partial charge on any atom is 0.244 e. The lowest BCUT2D eigenvalue weighted by Gasteiger charge is -2.26. The number of carbonyl (C=O) groups excluding carboxylic acids is 1. The Kier molecular flexibility index (Phi) is 16.3. The van der Waals surface area contributed by atoms with Crippen LogP contribution in [0.4, 0.5) is 0 Å². The topological polar surface area (TPSA) is 49.3 Å². The van der Waals surface area contributed by atoms with Gasteiger partial charge in [0.25, 0.3) is 0 Å². The summed E-state index contributed by atoms with van der Waals surface area (Å²) >= 11 is 0. The van der Waals surface area contributed by atoms with E-state index in [9.17, 15) is 9.90 Å². The molecule has 0 rings (SSSR count). The maximum atomic E-state index is 11.8. The number of carbonyl (C=O) groups is 1. The zero-order chi connectivity index (χ0) is 20.2. The summed E-state index contributed by atoms with van der Waals surface area (Å²) in [5.41, 5.74) is -0.794. The summed E-state index contributed by atoms with van der Waals surface area (Å²) in [6, 6.07) is 0. The molecule has 0 aliphatic rings. The van der Waals surface area contributed by atoms with E-state index in [4.69, 9.17) is 0 Å². The number of rotatable bonds is 15. The van der Waals surface area contributed by atoms with E-state index in [2.05, 4.69) is 49.5 Å². The predicted octanol–water partition coefficient (Wildman–Crippen LogP) is 5.80. The van der Waals surface area contributed by atoms with Crippen LogP contribution in [0.25, 0.3) is 0 Å². The second-order valence-corrected chi connectivity index (χ2v) is 6.77. The van der Waals surface area contributed by atoms with Gasteiger partial charge in [0.1, 0.15) is 0 Å². The Bertz CT molecular complexity index is 514. The predicted molar refractivity (Wildman–Crippen MR) is 118 cm³/mol. The van der Waals surface area contributed by atoms with E-state index < -0.39 is 5.60 Å². The van der Waals surface area contributed by atoms with E-state index in [1.807, 2.05) is 25.2 Å². The number of nitrogens with one attached hydrogen (secondary N) is 1. The van der Waals surface area contributed by atoms with Crippen molar-refractivity contribution in [1.29, 1.82) is 0 Å². The number of aliphatic hydroxyl groups is 1. The van der Waals surface area contributed by atoms with Crippen molar-refractivity contribution >= 4 is 5.91 Å². The van der Waals surface area contributed by atoms with Crippen LogP contribution >= 0.6 is 0 Å². The monoisotopic (exact) mass is 373 g/mol. The Morgan fingerprint density at radius 3 is 2.15 bits per heavy atom. The van der Waals surface area contributed by atoms with Crippen molar-refractivity contribution in [2.75, 3.05) is 6.54 Å². The molecule has 0 spiro atoms. The fraction of sp³-hybridized carbons (Fsp3) is 0.542. The van der Waals surface area contributed by atoms with Crippen molar-refractivity contribution in [3.05, 3.63) is 60.8 Å². The zero-order valence-corrected chi connectivity index (χ0v) is 17.5. The molecule has 0 saturated carbocycles. The standard InChI is InChI=1S/C24H39NO2/c1-4-7-9-10-11-12-13-14-15-16-17-18-20-23(26)25-22-24(27,6-3)21-19-8-5-2/h7,9-11,14-18,20,27H,4-6,8,12-13,19,21-22H2,1-3H3,(H,25,26). The molecule has 1 atom stereocenters. The van der Waals surface area contributed by atoms with Gasteiger partial charge in [-0.2, -0.15) is 0 Å². The number of hydrogen-bond acceptors (Lipinski definition) is 2. The van der Waals surface area contributed by atoms with Crippen LogP contribution in [0, 0.1) is 0 Å². The van der Waals surface area contributed by atoms with Gasteiger partial charge in [0.2, 0.25) is 5.91 Å². The second kappa shape index (κ2) is 17.5. The lowest BCUT2D eigenvalue weighted by atomic mass is 9.93. The molecule has 27 heavy (non-hydrogen) atoms. The molecule has 0 saturated heterocycles. The normalized spacial score (nSPS) is 15.0. The Balaban J connectivity index is 4.01. The molecule has 0 aliphatic heterocycles. The molecule has 0 aromatic rings. The van der Waals surface area contributed by atoms with Crippen molar-refractivity contribution in [2.45, 2.75) is 77.7 Å². The summed E-state index contributed by atoms with van der Waals surface area (Å²) in [7, 11) is 0. The molecule has 1 amide bonds. The SMILES string of the molecule is CCC=CC=CCCC=CC=CC=CC(=O)NCC(O)(CC)CCCCC. The largest absolute Gasteiger partial charge is 0.388 e. The number of allylic oxidation sites excluding steroid dienone is 9. The molecule has 0 aliphatic carbocycles. The third-order valence-electron chi connectivity index (χ3n) is 4.33. The molecule has 3 heteroatoms. The molecule has 0 radical (unpaired) electrons. The number of unbranched alkanes of at least 4 members (excludes halogenated alkanes) is 3. The van der Waals surface area contributed by atoms with E-state index in [1.54, 1.807) is 6.08 Å². The van der Waals surface area contributed by atoms with Gasteiger partial charge in [-0.3, -0.25) is 4.79 Å². The van der Waals surface area contributed by atoms with Gasteiger partial charge >= 0.3 is 0 Å². The van der Waals surface area contributed by atoms with Crippen LogP contribution in [0.15, 0.2) is 60.8 Å². The molecule has 2 N–H and O–H groups in total. The van der Waals surface area contributed by atoms with Crippen LogP contribution in [-0.2, 0) is 4.79 Å². The summed E-state index contributed by atoms with van der Waals surface area (Å²) in [4.78, 5) is 11.8. The molecule has 1 unspecified atom stereocenters. The second-order valence-electron chi connectivity index (χ2n) is 6.77. The highest BCUT2D eigenvalue weighted by molar-refractivity contribution is 5.87. The van der Waals surface area contributed by atoms with Gasteiger partial charge in [-0.25, -0.2) is 0 Å². The van der Waals surface area contributed by atoms with Crippen LogP contribution in [-0.4, -0.2) is 23.2 Å². The van der Waals surface area contributed by atoms with Crippen LogP contribution < -0.4 is 5.32 Å². The summed E-state index contributed by atoms with van der Waals surface area (Å²) in [5, 5.41) is 13.3. The van der Waals surface area contributed by atoms with E-state index in [0.717, 1.165) is 44.9 Å². The van der Waals surface area contributed by atoms with Gasteiger partial charge < -0.3 is 10.4 Å². The number of amides is 1. The highest BCUT2D eigenvalue weighted by Crippen LogP contribution is 2.18. The minimum Gasteiger partial charge on any atom is -0.388 e. The van der Waals surface area contributed by atoms with E-state index in [0.29, 0.717) is 13.0 Å². The Hall–Kier alpha value is -1.87. The molecule has 0 fully saturated rings. The Morgan fingerprint density at radius 1 is 0.889 bits per heavy atom. The minimum atomic E-state index is -0.794. The molecular formula is C24H39NO2. The van der Waals surface area contributed by atoms with Crippen LogP contribution in [0.2, 0.25) is 0 Å². The lowest BCUT2D eigenvalue weighted by Crippen LogP contribution is -2.42. The summed E-state index contributed by atoms with van der Waals surface area (Å²) in [6.07, 6.45) is 27.2. The molecule has 152 valence electrons. The first-order valence-electron chi connectivity index (χ1n) is 10.4. The van der Waals surface area contributed by atoms with Crippen LogP contribution in [0.3, 0.4) is 0 Å². The zero-order valence-electron chi connectivity index (χ0n) is 17.5. The molecular weight excluding hydrogens is 334 g/mol. The highest BCUT2D eigenvalue weighted by atomic mass is 16.3. The van der Waals surface area contributed by atoms with E-state index in [-0.39, 0.29) is 5.91 Å². The highest BCUT2D eigenvalue weighted by Gasteiger charge is 2.24. The van der Waals surface area contributed by atoms with Gasteiger partial charge in [-0.15, -0.1) is 0 Å². The van der Waals surface area contributed by atoms with Gasteiger partial charge in [0.05, 0.1) is 5.60 Å². The molecule has 3 nitrogen and oxygen atoms in total.